The number of imidazole rings is 1. The summed E-state index contributed by atoms with van der Waals surface area (Å²) in [6.07, 6.45) is 4.99. The molecule has 0 saturated heterocycles. The van der Waals surface area contributed by atoms with Crippen molar-refractivity contribution in [2.45, 2.75) is 19.2 Å². The third-order valence-electron chi connectivity index (χ3n) is 4.52. The van der Waals surface area contributed by atoms with Crippen molar-refractivity contribution in [3.8, 4) is 11.4 Å². The summed E-state index contributed by atoms with van der Waals surface area (Å²) in [4.78, 5) is 8.45. The highest BCUT2D eigenvalue weighted by Crippen LogP contribution is 2.21. The lowest BCUT2D eigenvalue weighted by Crippen LogP contribution is -2.06. The van der Waals surface area contributed by atoms with Gasteiger partial charge in [0.2, 0.25) is 11.7 Å². The summed E-state index contributed by atoms with van der Waals surface area (Å²) in [5.74, 6) is 1.57. The zero-order valence-corrected chi connectivity index (χ0v) is 18.0. The smallest absolute Gasteiger partial charge is 0.246 e. The Morgan fingerprint density at radius 2 is 2.09 bits per heavy atom. The first-order chi connectivity index (χ1) is 15.6. The number of rotatable bonds is 7. The minimum Gasteiger partial charge on any atom is -0.377 e. The summed E-state index contributed by atoms with van der Waals surface area (Å²) in [6, 6.07) is 14.4. The van der Waals surface area contributed by atoms with Gasteiger partial charge in [0.05, 0.1) is 11.8 Å². The predicted octanol–water partition coefficient (Wildman–Crippen LogP) is 4.01. The molecular formula is C22H20FN7OS. The molecule has 0 amide bonds. The number of halogens is 1. The van der Waals surface area contributed by atoms with Crippen molar-refractivity contribution in [1.82, 2.24) is 19.7 Å². The van der Waals surface area contributed by atoms with Gasteiger partial charge < -0.3 is 14.8 Å². The SMILES string of the molecule is Cc1nccn1Cc1nc(-c2cc(C=NN=C(N)SCc3ccccc3)ccc2F)no1. The van der Waals surface area contributed by atoms with E-state index in [4.69, 9.17) is 10.3 Å². The largest absolute Gasteiger partial charge is 0.377 e. The fourth-order valence-corrected chi connectivity index (χ4v) is 3.46. The van der Waals surface area contributed by atoms with E-state index in [2.05, 4.69) is 25.3 Å². The van der Waals surface area contributed by atoms with Crippen LogP contribution >= 0.6 is 11.8 Å². The molecule has 2 aromatic carbocycles. The molecule has 0 saturated carbocycles. The van der Waals surface area contributed by atoms with Crippen LogP contribution < -0.4 is 5.73 Å². The van der Waals surface area contributed by atoms with Crippen LogP contribution in [0.2, 0.25) is 0 Å². The van der Waals surface area contributed by atoms with E-state index in [1.807, 2.05) is 41.8 Å². The number of benzene rings is 2. The maximum atomic E-state index is 14.4. The van der Waals surface area contributed by atoms with Gasteiger partial charge in [-0.3, -0.25) is 0 Å². The number of thioether (sulfide) groups is 1. The Bertz CT molecular complexity index is 1250. The molecule has 8 nitrogen and oxygen atoms in total. The van der Waals surface area contributed by atoms with Gasteiger partial charge in [0.25, 0.3) is 0 Å². The number of aryl methyl sites for hydroxylation is 1. The van der Waals surface area contributed by atoms with Gasteiger partial charge in [-0.15, -0.1) is 5.10 Å². The first-order valence-electron chi connectivity index (χ1n) is 9.72. The van der Waals surface area contributed by atoms with Gasteiger partial charge in [-0.2, -0.15) is 10.1 Å². The molecule has 0 aliphatic carbocycles. The van der Waals surface area contributed by atoms with E-state index in [1.54, 1.807) is 24.5 Å². The summed E-state index contributed by atoms with van der Waals surface area (Å²) in [6.45, 7) is 2.23. The molecule has 0 radical (unpaired) electrons. The zero-order valence-electron chi connectivity index (χ0n) is 17.2. The second kappa shape index (κ2) is 10.0. The lowest BCUT2D eigenvalue weighted by atomic mass is 10.1. The lowest BCUT2D eigenvalue weighted by Gasteiger charge is -2.00. The molecule has 0 bridgehead atoms. The predicted molar refractivity (Wildman–Crippen MR) is 123 cm³/mol. The summed E-state index contributed by atoms with van der Waals surface area (Å²) in [5.41, 5.74) is 7.88. The first kappa shape index (κ1) is 21.4. The second-order valence-electron chi connectivity index (χ2n) is 6.81. The molecule has 4 rings (SSSR count). The van der Waals surface area contributed by atoms with Crippen LogP contribution in [0.5, 0.6) is 0 Å². The van der Waals surface area contributed by atoms with Crippen LogP contribution in [0.15, 0.2) is 75.7 Å². The van der Waals surface area contributed by atoms with Crippen molar-refractivity contribution in [3.63, 3.8) is 0 Å². The fraction of sp³-hybridized carbons (Fsp3) is 0.136. The molecule has 2 heterocycles. The van der Waals surface area contributed by atoms with E-state index in [0.717, 1.165) is 11.4 Å². The van der Waals surface area contributed by atoms with E-state index in [0.29, 0.717) is 28.9 Å². The molecule has 0 aliphatic rings. The first-order valence-corrected chi connectivity index (χ1v) is 10.7. The number of nitrogens with two attached hydrogens (primary N) is 1. The van der Waals surface area contributed by atoms with Crippen LogP contribution in [0.3, 0.4) is 0 Å². The molecule has 0 fully saturated rings. The standard InChI is InChI=1S/C22H20FN7OS/c1-15-25-9-10-30(15)13-20-27-21(29-31-20)18-11-17(7-8-19(18)23)12-26-28-22(24)32-14-16-5-3-2-4-6-16/h2-12H,13-14H2,1H3,(H2,24,28). The van der Waals surface area contributed by atoms with Gasteiger partial charge >= 0.3 is 0 Å². The number of aromatic nitrogens is 4. The average molecular weight is 450 g/mol. The molecule has 0 spiro atoms. The van der Waals surface area contributed by atoms with Crippen LogP contribution in [-0.4, -0.2) is 31.1 Å². The van der Waals surface area contributed by atoms with Gasteiger partial charge in [0, 0.05) is 18.1 Å². The average Bonchev–Trinajstić information content (AvgIpc) is 3.43. The van der Waals surface area contributed by atoms with Crippen molar-refractivity contribution >= 4 is 23.1 Å². The van der Waals surface area contributed by atoms with Crippen LogP contribution in [0.4, 0.5) is 4.39 Å². The van der Waals surface area contributed by atoms with E-state index in [-0.39, 0.29) is 11.4 Å². The molecule has 0 unspecified atom stereocenters. The summed E-state index contributed by atoms with van der Waals surface area (Å²) in [7, 11) is 0. The molecule has 0 aliphatic heterocycles. The minimum absolute atomic E-state index is 0.159. The van der Waals surface area contributed by atoms with Gasteiger partial charge in [-0.25, -0.2) is 9.37 Å². The fourth-order valence-electron chi connectivity index (χ4n) is 2.85. The molecule has 2 aromatic heterocycles. The molecule has 4 aromatic rings. The highest BCUT2D eigenvalue weighted by atomic mass is 32.2. The Morgan fingerprint density at radius 1 is 1.25 bits per heavy atom. The zero-order chi connectivity index (χ0) is 22.3. The van der Waals surface area contributed by atoms with Crippen molar-refractivity contribution in [2.24, 2.45) is 15.9 Å². The molecule has 10 heteroatoms. The Labute approximate surface area is 188 Å². The van der Waals surface area contributed by atoms with Gasteiger partial charge in [-0.1, -0.05) is 53.3 Å². The van der Waals surface area contributed by atoms with Crippen molar-refractivity contribution < 1.29 is 8.91 Å². The quantitative estimate of drug-likeness (QED) is 0.259. The van der Waals surface area contributed by atoms with E-state index in [9.17, 15) is 4.39 Å². The third-order valence-corrected chi connectivity index (χ3v) is 5.38. The van der Waals surface area contributed by atoms with Crippen LogP contribution in [0, 0.1) is 12.7 Å². The highest BCUT2D eigenvalue weighted by molar-refractivity contribution is 8.13. The molecule has 32 heavy (non-hydrogen) atoms. The van der Waals surface area contributed by atoms with Gasteiger partial charge in [-0.05, 0) is 30.2 Å². The normalized spacial score (nSPS) is 12.0. The van der Waals surface area contributed by atoms with Crippen LogP contribution in [-0.2, 0) is 12.3 Å². The maximum absolute atomic E-state index is 14.4. The Morgan fingerprint density at radius 3 is 2.88 bits per heavy atom. The number of hydrogen-bond acceptors (Lipinski definition) is 7. The number of hydrogen-bond donors (Lipinski definition) is 1. The monoisotopic (exact) mass is 449 g/mol. The summed E-state index contributed by atoms with van der Waals surface area (Å²) in [5, 5.41) is 12.2. The Kier molecular flexibility index (Phi) is 6.71. The topological polar surface area (TPSA) is 107 Å². The number of amidine groups is 1. The maximum Gasteiger partial charge on any atom is 0.246 e. The van der Waals surface area contributed by atoms with Crippen molar-refractivity contribution in [1.29, 1.82) is 0 Å². The Hall–Kier alpha value is -3.79. The number of nitrogens with zero attached hydrogens (tertiary/aromatic N) is 6. The summed E-state index contributed by atoms with van der Waals surface area (Å²) >= 11 is 1.39. The molecular weight excluding hydrogens is 429 g/mol. The molecule has 0 atom stereocenters. The molecule has 2 N–H and O–H groups in total. The van der Waals surface area contributed by atoms with Crippen LogP contribution in [0.25, 0.3) is 11.4 Å². The van der Waals surface area contributed by atoms with E-state index in [1.165, 1.54) is 24.0 Å². The van der Waals surface area contributed by atoms with Crippen molar-refractivity contribution in [3.05, 3.63) is 89.6 Å². The van der Waals surface area contributed by atoms with Crippen molar-refractivity contribution in [2.75, 3.05) is 0 Å². The van der Waals surface area contributed by atoms with E-state index < -0.39 is 5.82 Å². The van der Waals surface area contributed by atoms with E-state index >= 15 is 0 Å². The Balaban J connectivity index is 1.43. The third kappa shape index (κ3) is 5.46. The van der Waals surface area contributed by atoms with Gasteiger partial charge in [0.15, 0.2) is 5.17 Å². The summed E-state index contributed by atoms with van der Waals surface area (Å²) < 4.78 is 21.5. The lowest BCUT2D eigenvalue weighted by molar-refractivity contribution is 0.370. The molecule has 162 valence electrons. The van der Waals surface area contributed by atoms with Gasteiger partial charge in [0.1, 0.15) is 18.2 Å². The second-order valence-corrected chi connectivity index (χ2v) is 7.81. The van der Waals surface area contributed by atoms with Crippen LogP contribution in [0.1, 0.15) is 22.8 Å². The minimum atomic E-state index is -0.463. The highest BCUT2D eigenvalue weighted by Gasteiger charge is 2.14.